The number of benzene rings is 1. The normalized spacial score (nSPS) is 20.9. The van der Waals surface area contributed by atoms with Gasteiger partial charge in [-0.2, -0.15) is 5.26 Å². The highest BCUT2D eigenvalue weighted by atomic mass is 32.1. The molecule has 6 heteroatoms. The van der Waals surface area contributed by atoms with Crippen LogP contribution in [0.15, 0.2) is 24.3 Å². The van der Waals surface area contributed by atoms with Gasteiger partial charge in [-0.15, -0.1) is 11.3 Å². The summed E-state index contributed by atoms with van der Waals surface area (Å²) in [6.45, 7) is 2.22. The number of thiazole rings is 1. The molecule has 2 heterocycles. The van der Waals surface area contributed by atoms with Crippen molar-refractivity contribution in [2.24, 2.45) is 0 Å². The Hall–Kier alpha value is -1.97. The maximum absolute atomic E-state index is 12.4. The molecular weight excluding hydrogens is 344 g/mol. The van der Waals surface area contributed by atoms with Gasteiger partial charge in [0, 0.05) is 5.92 Å². The second-order valence-electron chi connectivity index (χ2n) is 7.52. The smallest absolute Gasteiger partial charge is 0.235 e. The number of fused-ring (bicyclic) bond motifs is 1. The maximum Gasteiger partial charge on any atom is 0.235 e. The molecule has 0 atom stereocenters. The number of hydrogen-bond acceptors (Lipinski definition) is 5. The quantitative estimate of drug-likeness (QED) is 0.898. The van der Waals surface area contributed by atoms with E-state index in [0.29, 0.717) is 12.5 Å². The maximum atomic E-state index is 12.4. The number of aromatic nitrogens is 1. The summed E-state index contributed by atoms with van der Waals surface area (Å²) in [7, 11) is 0. The van der Waals surface area contributed by atoms with Crippen LogP contribution in [-0.2, 0) is 4.79 Å². The molecule has 1 aromatic heterocycles. The van der Waals surface area contributed by atoms with Crippen LogP contribution in [0.4, 0.5) is 0 Å². The fourth-order valence-corrected chi connectivity index (χ4v) is 5.29. The van der Waals surface area contributed by atoms with E-state index in [1.165, 1.54) is 9.71 Å². The Morgan fingerprint density at radius 3 is 2.73 bits per heavy atom. The first-order valence-electron chi connectivity index (χ1n) is 9.48. The average Bonchev–Trinajstić information content (AvgIpc) is 3.29. The van der Waals surface area contributed by atoms with E-state index in [0.717, 1.165) is 57.1 Å². The molecule has 0 unspecified atom stereocenters. The molecule has 1 aliphatic heterocycles. The van der Waals surface area contributed by atoms with Crippen molar-refractivity contribution in [1.29, 1.82) is 5.26 Å². The zero-order valence-electron chi connectivity index (χ0n) is 14.9. The monoisotopic (exact) mass is 368 g/mol. The second-order valence-corrected chi connectivity index (χ2v) is 8.58. The summed E-state index contributed by atoms with van der Waals surface area (Å²) in [5.74, 6) is 0.485. The van der Waals surface area contributed by atoms with Crippen LogP contribution >= 0.6 is 11.3 Å². The number of para-hydroxylation sites is 1. The van der Waals surface area contributed by atoms with E-state index < -0.39 is 5.54 Å². The molecule has 1 N–H and O–H groups in total. The first-order valence-corrected chi connectivity index (χ1v) is 10.3. The van der Waals surface area contributed by atoms with Crippen molar-refractivity contribution in [3.63, 3.8) is 0 Å². The molecule has 2 aromatic rings. The SMILES string of the molecule is N#CC1(NC(=O)CN2CCC(c3nc4ccccc4s3)CC2)CCCC1. The largest absolute Gasteiger partial charge is 0.337 e. The third-order valence-electron chi connectivity index (χ3n) is 5.66. The number of likely N-dealkylation sites (tertiary alicyclic amines) is 1. The van der Waals surface area contributed by atoms with Crippen LogP contribution in [0.25, 0.3) is 10.2 Å². The van der Waals surface area contributed by atoms with Gasteiger partial charge in [-0.1, -0.05) is 12.1 Å². The van der Waals surface area contributed by atoms with Gasteiger partial charge in [0.1, 0.15) is 5.54 Å². The number of nitrogens with zero attached hydrogens (tertiary/aromatic N) is 3. The van der Waals surface area contributed by atoms with Gasteiger partial charge in [0.05, 0.1) is 27.8 Å². The molecule has 2 aliphatic rings. The Morgan fingerprint density at radius 1 is 1.31 bits per heavy atom. The molecule has 1 saturated carbocycles. The van der Waals surface area contributed by atoms with Crippen LogP contribution in [0.5, 0.6) is 0 Å². The van der Waals surface area contributed by atoms with Crippen LogP contribution in [0.1, 0.15) is 49.5 Å². The minimum Gasteiger partial charge on any atom is -0.337 e. The standard InChI is InChI=1S/C20H24N4OS/c21-14-20(9-3-4-10-20)23-18(25)13-24-11-7-15(8-12-24)19-22-16-5-1-2-6-17(16)26-19/h1-2,5-6,15H,3-4,7-13H2,(H,23,25). The third kappa shape index (κ3) is 3.60. The fraction of sp³-hybridized carbons (Fsp3) is 0.550. The van der Waals surface area contributed by atoms with Crippen molar-refractivity contribution in [2.75, 3.05) is 19.6 Å². The fourth-order valence-electron chi connectivity index (χ4n) is 4.16. The molecule has 1 aromatic carbocycles. The van der Waals surface area contributed by atoms with Gasteiger partial charge in [-0.05, 0) is 63.7 Å². The number of carbonyl (C=O) groups excluding carboxylic acids is 1. The highest BCUT2D eigenvalue weighted by Crippen LogP contribution is 2.34. The Balaban J connectivity index is 1.31. The Morgan fingerprint density at radius 2 is 2.04 bits per heavy atom. The third-order valence-corrected chi connectivity index (χ3v) is 6.86. The molecule has 0 spiro atoms. The van der Waals surface area contributed by atoms with E-state index in [1.807, 2.05) is 6.07 Å². The minimum atomic E-state index is -0.615. The molecular formula is C20H24N4OS. The summed E-state index contributed by atoms with van der Waals surface area (Å²) < 4.78 is 1.25. The molecule has 0 radical (unpaired) electrons. The van der Waals surface area contributed by atoms with E-state index in [-0.39, 0.29) is 5.91 Å². The Bertz CT molecular complexity index is 793. The van der Waals surface area contributed by atoms with Crippen molar-refractivity contribution in [2.45, 2.75) is 50.0 Å². The van der Waals surface area contributed by atoms with E-state index in [9.17, 15) is 10.1 Å². The lowest BCUT2D eigenvalue weighted by atomic mass is 9.97. The van der Waals surface area contributed by atoms with Crippen molar-refractivity contribution in [3.05, 3.63) is 29.3 Å². The predicted octanol–water partition coefficient (Wildman–Crippen LogP) is 3.43. The molecule has 1 amide bonds. The number of hydrogen-bond donors (Lipinski definition) is 1. The highest BCUT2D eigenvalue weighted by Gasteiger charge is 2.35. The first-order chi connectivity index (χ1) is 12.7. The lowest BCUT2D eigenvalue weighted by Crippen LogP contribution is -2.50. The van der Waals surface area contributed by atoms with Gasteiger partial charge >= 0.3 is 0 Å². The minimum absolute atomic E-state index is 0.00751. The van der Waals surface area contributed by atoms with Gasteiger partial charge in [0.15, 0.2) is 0 Å². The van der Waals surface area contributed by atoms with Gasteiger partial charge in [0.25, 0.3) is 0 Å². The molecule has 1 aliphatic carbocycles. The van der Waals surface area contributed by atoms with E-state index in [4.69, 9.17) is 4.98 Å². The second kappa shape index (κ2) is 7.34. The van der Waals surface area contributed by atoms with Crippen LogP contribution in [0.2, 0.25) is 0 Å². The molecule has 26 heavy (non-hydrogen) atoms. The van der Waals surface area contributed by atoms with Crippen molar-refractivity contribution in [3.8, 4) is 6.07 Å². The Labute approximate surface area is 158 Å². The average molecular weight is 369 g/mol. The molecule has 4 rings (SSSR count). The summed E-state index contributed by atoms with van der Waals surface area (Å²) in [6.07, 6.45) is 5.71. The van der Waals surface area contributed by atoms with E-state index in [2.05, 4.69) is 34.5 Å². The number of piperidine rings is 1. The number of nitriles is 1. The summed E-state index contributed by atoms with van der Waals surface area (Å²) in [4.78, 5) is 19.4. The van der Waals surface area contributed by atoms with Crippen LogP contribution in [0.3, 0.4) is 0 Å². The summed E-state index contributed by atoms with van der Waals surface area (Å²) in [5.41, 5.74) is 0.476. The van der Waals surface area contributed by atoms with E-state index in [1.54, 1.807) is 11.3 Å². The van der Waals surface area contributed by atoms with Crippen LogP contribution < -0.4 is 5.32 Å². The Kier molecular flexibility index (Phi) is 4.92. The zero-order chi connectivity index (χ0) is 18.0. The number of carbonyl (C=O) groups is 1. The van der Waals surface area contributed by atoms with Crippen LogP contribution in [0, 0.1) is 11.3 Å². The molecule has 1 saturated heterocycles. The summed E-state index contributed by atoms with van der Waals surface area (Å²) >= 11 is 1.80. The topological polar surface area (TPSA) is 69.0 Å². The number of rotatable bonds is 4. The zero-order valence-corrected chi connectivity index (χ0v) is 15.7. The lowest BCUT2D eigenvalue weighted by Gasteiger charge is -2.31. The molecule has 2 fully saturated rings. The van der Waals surface area contributed by atoms with Crippen molar-refractivity contribution < 1.29 is 4.79 Å². The van der Waals surface area contributed by atoms with Gasteiger partial charge in [-0.3, -0.25) is 9.69 Å². The predicted molar refractivity (Wildman–Crippen MR) is 103 cm³/mol. The highest BCUT2D eigenvalue weighted by molar-refractivity contribution is 7.18. The van der Waals surface area contributed by atoms with Crippen molar-refractivity contribution in [1.82, 2.24) is 15.2 Å². The lowest BCUT2D eigenvalue weighted by molar-refractivity contribution is -0.123. The van der Waals surface area contributed by atoms with Gasteiger partial charge in [0.2, 0.25) is 5.91 Å². The van der Waals surface area contributed by atoms with Crippen LogP contribution in [-0.4, -0.2) is 41.0 Å². The molecule has 136 valence electrons. The molecule has 0 bridgehead atoms. The summed E-state index contributed by atoms with van der Waals surface area (Å²) in [5, 5.41) is 13.6. The van der Waals surface area contributed by atoms with Gasteiger partial charge < -0.3 is 5.32 Å². The van der Waals surface area contributed by atoms with Crippen molar-refractivity contribution >= 4 is 27.5 Å². The first kappa shape index (κ1) is 17.4. The van der Waals surface area contributed by atoms with Gasteiger partial charge in [-0.25, -0.2) is 4.98 Å². The molecule has 5 nitrogen and oxygen atoms in total. The summed E-state index contributed by atoms with van der Waals surface area (Å²) in [6, 6.07) is 10.6. The number of amides is 1. The number of nitrogens with one attached hydrogen (secondary N) is 1. The van der Waals surface area contributed by atoms with E-state index >= 15 is 0 Å².